The van der Waals surface area contributed by atoms with Crippen molar-refractivity contribution in [2.45, 2.75) is 46.4 Å². The van der Waals surface area contributed by atoms with Crippen LogP contribution in [0.25, 0.3) is 0 Å². The molecule has 0 aromatic carbocycles. The Labute approximate surface area is 98.2 Å². The van der Waals surface area contributed by atoms with Gasteiger partial charge in [-0.2, -0.15) is 0 Å². The highest BCUT2D eigenvalue weighted by atomic mass is 16.5. The highest BCUT2D eigenvalue weighted by molar-refractivity contribution is 5.10. The summed E-state index contributed by atoms with van der Waals surface area (Å²) in [7, 11) is 0. The second kappa shape index (κ2) is 7.36. The normalized spacial score (nSPS) is 12.7. The molecule has 1 rings (SSSR count). The molecular formula is C13H22N2O. The molecule has 0 radical (unpaired) electrons. The highest BCUT2D eigenvalue weighted by Crippen LogP contribution is 2.04. The quantitative estimate of drug-likeness (QED) is 0.769. The van der Waals surface area contributed by atoms with Crippen LogP contribution in [0, 0.1) is 0 Å². The van der Waals surface area contributed by atoms with Crippen LogP contribution in [0.1, 0.15) is 38.6 Å². The van der Waals surface area contributed by atoms with Gasteiger partial charge in [-0.3, -0.25) is 4.98 Å². The number of pyridine rings is 1. The summed E-state index contributed by atoms with van der Waals surface area (Å²) in [6, 6.07) is 6.09. The number of aromatic nitrogens is 1. The van der Waals surface area contributed by atoms with Crippen molar-refractivity contribution in [3.05, 3.63) is 29.6 Å². The van der Waals surface area contributed by atoms with E-state index in [1.807, 2.05) is 18.2 Å². The number of hydrogen-bond acceptors (Lipinski definition) is 3. The average Bonchev–Trinajstić information content (AvgIpc) is 2.34. The van der Waals surface area contributed by atoms with Gasteiger partial charge in [0.05, 0.1) is 24.1 Å². The molecule has 0 bridgehead atoms. The summed E-state index contributed by atoms with van der Waals surface area (Å²) in [6.45, 7) is 8.70. The highest BCUT2D eigenvalue weighted by Gasteiger charge is 2.01. The summed E-state index contributed by atoms with van der Waals surface area (Å²) in [5.41, 5.74) is 2.09. The van der Waals surface area contributed by atoms with Crippen molar-refractivity contribution in [3.8, 4) is 0 Å². The zero-order valence-electron chi connectivity index (χ0n) is 10.5. The number of ether oxygens (including phenoxy) is 1. The number of rotatable bonds is 7. The van der Waals surface area contributed by atoms with Crippen LogP contribution in [-0.4, -0.2) is 17.6 Å². The lowest BCUT2D eigenvalue weighted by molar-refractivity contribution is 0.0488. The first kappa shape index (κ1) is 13.1. The Kier molecular flexibility index (Phi) is 6.04. The van der Waals surface area contributed by atoms with Gasteiger partial charge >= 0.3 is 0 Å². The van der Waals surface area contributed by atoms with Crippen LogP contribution < -0.4 is 5.32 Å². The largest absolute Gasteiger partial charge is 0.372 e. The molecule has 0 amide bonds. The average molecular weight is 222 g/mol. The van der Waals surface area contributed by atoms with Crippen molar-refractivity contribution in [3.63, 3.8) is 0 Å². The van der Waals surface area contributed by atoms with E-state index in [-0.39, 0.29) is 0 Å². The maximum Gasteiger partial charge on any atom is 0.0891 e. The Hall–Kier alpha value is -0.930. The molecule has 0 saturated carbocycles. The Bertz CT molecular complexity index is 302. The van der Waals surface area contributed by atoms with Crippen LogP contribution in [0.2, 0.25) is 0 Å². The van der Waals surface area contributed by atoms with Crippen molar-refractivity contribution >= 4 is 0 Å². The van der Waals surface area contributed by atoms with E-state index in [1.165, 1.54) is 0 Å². The summed E-state index contributed by atoms with van der Waals surface area (Å²) < 4.78 is 5.65. The van der Waals surface area contributed by atoms with Crippen LogP contribution in [0.4, 0.5) is 0 Å². The van der Waals surface area contributed by atoms with Crippen LogP contribution in [0.15, 0.2) is 18.2 Å². The molecule has 1 heterocycles. The fourth-order valence-electron chi connectivity index (χ4n) is 1.31. The first-order chi connectivity index (χ1) is 7.76. The number of nitrogens with zero attached hydrogens (tertiary/aromatic N) is 1. The van der Waals surface area contributed by atoms with E-state index in [0.717, 1.165) is 30.9 Å². The predicted molar refractivity (Wildman–Crippen MR) is 66.2 cm³/mol. The molecule has 0 fully saturated rings. The first-order valence-corrected chi connectivity index (χ1v) is 6.03. The monoisotopic (exact) mass is 222 g/mol. The van der Waals surface area contributed by atoms with Crippen molar-refractivity contribution < 1.29 is 4.74 Å². The summed E-state index contributed by atoms with van der Waals surface area (Å²) >= 11 is 0. The topological polar surface area (TPSA) is 34.1 Å². The molecule has 1 aromatic heterocycles. The minimum atomic E-state index is 0.305. The fraction of sp³-hybridized carbons (Fsp3) is 0.615. The van der Waals surface area contributed by atoms with Crippen LogP contribution in [0.3, 0.4) is 0 Å². The maximum absolute atomic E-state index is 5.65. The first-order valence-electron chi connectivity index (χ1n) is 6.03. The molecule has 0 spiro atoms. The second-order valence-electron chi connectivity index (χ2n) is 3.93. The molecule has 3 heteroatoms. The summed E-state index contributed by atoms with van der Waals surface area (Å²) in [4.78, 5) is 4.53. The molecular weight excluding hydrogens is 200 g/mol. The smallest absolute Gasteiger partial charge is 0.0891 e. The lowest BCUT2D eigenvalue weighted by Gasteiger charge is -2.10. The molecule has 0 saturated heterocycles. The van der Waals surface area contributed by atoms with Crippen molar-refractivity contribution in [1.29, 1.82) is 0 Å². The lowest BCUT2D eigenvalue weighted by Crippen LogP contribution is -2.14. The van der Waals surface area contributed by atoms with E-state index in [4.69, 9.17) is 4.74 Å². The standard InChI is InChI=1S/C13H22N2O/c1-4-11(3)16-10-13-8-6-7-12(15-13)9-14-5-2/h6-8,11,14H,4-5,9-10H2,1-3H3. The van der Waals surface area contributed by atoms with Gasteiger partial charge in [-0.1, -0.05) is 19.9 Å². The van der Waals surface area contributed by atoms with Crippen molar-refractivity contribution in [2.24, 2.45) is 0 Å². The van der Waals surface area contributed by atoms with Gasteiger partial charge < -0.3 is 10.1 Å². The van der Waals surface area contributed by atoms with E-state index in [0.29, 0.717) is 12.7 Å². The Morgan fingerprint density at radius 2 is 2.06 bits per heavy atom. The molecule has 1 unspecified atom stereocenters. The molecule has 90 valence electrons. The third-order valence-electron chi connectivity index (χ3n) is 2.51. The van der Waals surface area contributed by atoms with Crippen molar-refractivity contribution in [1.82, 2.24) is 10.3 Å². The van der Waals surface area contributed by atoms with E-state index in [2.05, 4.69) is 31.1 Å². The molecule has 0 aliphatic carbocycles. The molecule has 1 aromatic rings. The van der Waals surface area contributed by atoms with Crippen molar-refractivity contribution in [2.75, 3.05) is 6.54 Å². The third kappa shape index (κ3) is 4.73. The third-order valence-corrected chi connectivity index (χ3v) is 2.51. The van der Waals surface area contributed by atoms with Gasteiger partial charge in [0.25, 0.3) is 0 Å². The molecule has 1 N–H and O–H groups in total. The molecule has 16 heavy (non-hydrogen) atoms. The number of hydrogen-bond donors (Lipinski definition) is 1. The van der Waals surface area contributed by atoms with E-state index >= 15 is 0 Å². The molecule has 1 atom stereocenters. The van der Waals surface area contributed by atoms with Gasteiger partial charge in [0.1, 0.15) is 0 Å². The zero-order chi connectivity index (χ0) is 11.8. The molecule has 0 aliphatic heterocycles. The summed E-state index contributed by atoms with van der Waals surface area (Å²) in [5.74, 6) is 0. The minimum absolute atomic E-state index is 0.305. The Balaban J connectivity index is 2.46. The predicted octanol–water partition coefficient (Wildman–Crippen LogP) is 2.51. The van der Waals surface area contributed by atoms with E-state index < -0.39 is 0 Å². The van der Waals surface area contributed by atoms with Gasteiger partial charge in [0.15, 0.2) is 0 Å². The minimum Gasteiger partial charge on any atom is -0.372 e. The summed E-state index contributed by atoms with van der Waals surface area (Å²) in [6.07, 6.45) is 1.34. The Morgan fingerprint density at radius 3 is 2.75 bits per heavy atom. The fourth-order valence-corrected chi connectivity index (χ4v) is 1.31. The summed E-state index contributed by atoms with van der Waals surface area (Å²) in [5, 5.41) is 3.26. The van der Waals surface area contributed by atoms with E-state index in [9.17, 15) is 0 Å². The zero-order valence-corrected chi connectivity index (χ0v) is 10.5. The molecule has 0 aliphatic rings. The SMILES string of the molecule is CCNCc1cccc(COC(C)CC)n1. The van der Waals surface area contributed by atoms with Crippen LogP contribution in [-0.2, 0) is 17.9 Å². The van der Waals surface area contributed by atoms with Gasteiger partial charge in [-0.15, -0.1) is 0 Å². The Morgan fingerprint density at radius 1 is 1.31 bits per heavy atom. The van der Waals surface area contributed by atoms with Gasteiger partial charge in [-0.05, 0) is 32.0 Å². The van der Waals surface area contributed by atoms with Gasteiger partial charge in [0, 0.05) is 6.54 Å². The molecule has 3 nitrogen and oxygen atoms in total. The second-order valence-corrected chi connectivity index (χ2v) is 3.93. The van der Waals surface area contributed by atoms with E-state index in [1.54, 1.807) is 0 Å². The maximum atomic E-state index is 5.65. The number of nitrogens with one attached hydrogen (secondary N) is 1. The van der Waals surface area contributed by atoms with Crippen LogP contribution >= 0.6 is 0 Å². The van der Waals surface area contributed by atoms with Gasteiger partial charge in [-0.25, -0.2) is 0 Å². The van der Waals surface area contributed by atoms with Crippen LogP contribution in [0.5, 0.6) is 0 Å². The lowest BCUT2D eigenvalue weighted by atomic mass is 10.3. The van der Waals surface area contributed by atoms with Gasteiger partial charge in [0.2, 0.25) is 0 Å².